The number of aromatic nitrogens is 1. The van der Waals surface area contributed by atoms with E-state index in [1.165, 1.54) is 12.1 Å². The Kier molecular flexibility index (Phi) is 4.65. The van der Waals surface area contributed by atoms with Gasteiger partial charge in [0.25, 0.3) is 0 Å². The highest BCUT2D eigenvalue weighted by atomic mass is 19.1. The quantitative estimate of drug-likeness (QED) is 0.919. The lowest BCUT2D eigenvalue weighted by Gasteiger charge is -2.17. The SMILES string of the molecule is Cc1cccc(CN(C)Cc2cc(F)ccc2C(=O)O)n1. The summed E-state index contributed by atoms with van der Waals surface area (Å²) in [5, 5.41) is 9.14. The normalized spacial score (nSPS) is 10.9. The van der Waals surface area contributed by atoms with E-state index in [9.17, 15) is 9.18 Å². The zero-order valence-electron chi connectivity index (χ0n) is 12.0. The Labute approximate surface area is 122 Å². The van der Waals surface area contributed by atoms with Gasteiger partial charge in [0.15, 0.2) is 0 Å². The van der Waals surface area contributed by atoms with Crippen LogP contribution in [0.5, 0.6) is 0 Å². The molecule has 0 aliphatic rings. The molecule has 0 atom stereocenters. The third-order valence-corrected chi connectivity index (χ3v) is 3.12. The van der Waals surface area contributed by atoms with Crippen LogP contribution in [-0.4, -0.2) is 28.0 Å². The van der Waals surface area contributed by atoms with Gasteiger partial charge in [-0.1, -0.05) is 6.07 Å². The fourth-order valence-corrected chi connectivity index (χ4v) is 2.21. The van der Waals surface area contributed by atoms with Gasteiger partial charge < -0.3 is 5.11 Å². The van der Waals surface area contributed by atoms with E-state index in [-0.39, 0.29) is 5.56 Å². The van der Waals surface area contributed by atoms with Crippen LogP contribution in [0.2, 0.25) is 0 Å². The lowest BCUT2D eigenvalue weighted by atomic mass is 10.1. The molecule has 2 rings (SSSR count). The Balaban J connectivity index is 2.14. The lowest BCUT2D eigenvalue weighted by Crippen LogP contribution is -2.20. The number of carboxylic acids is 1. The van der Waals surface area contributed by atoms with Crippen LogP contribution in [0.1, 0.15) is 27.3 Å². The fourth-order valence-electron chi connectivity index (χ4n) is 2.21. The highest BCUT2D eigenvalue weighted by molar-refractivity contribution is 5.89. The van der Waals surface area contributed by atoms with Crippen molar-refractivity contribution in [3.05, 3.63) is 64.7 Å². The molecule has 21 heavy (non-hydrogen) atoms. The summed E-state index contributed by atoms with van der Waals surface area (Å²) in [5.74, 6) is -1.48. The number of nitrogens with zero attached hydrogens (tertiary/aromatic N) is 2. The van der Waals surface area contributed by atoms with Gasteiger partial charge in [-0.3, -0.25) is 9.88 Å². The second kappa shape index (κ2) is 6.45. The minimum atomic E-state index is -1.05. The van der Waals surface area contributed by atoms with Crippen molar-refractivity contribution in [3.63, 3.8) is 0 Å². The highest BCUT2D eigenvalue weighted by Crippen LogP contribution is 2.15. The maximum atomic E-state index is 13.3. The average molecular weight is 288 g/mol. The zero-order chi connectivity index (χ0) is 15.4. The monoisotopic (exact) mass is 288 g/mol. The summed E-state index contributed by atoms with van der Waals surface area (Å²) in [4.78, 5) is 17.5. The van der Waals surface area contributed by atoms with Gasteiger partial charge in [0.05, 0.1) is 11.3 Å². The maximum Gasteiger partial charge on any atom is 0.336 e. The first kappa shape index (κ1) is 15.1. The minimum absolute atomic E-state index is 0.125. The molecule has 2 aromatic rings. The van der Waals surface area contributed by atoms with E-state index in [0.717, 1.165) is 17.5 Å². The van der Waals surface area contributed by atoms with Crippen molar-refractivity contribution in [1.82, 2.24) is 9.88 Å². The third kappa shape index (κ3) is 4.10. The number of halogens is 1. The maximum absolute atomic E-state index is 13.3. The number of hydrogen-bond acceptors (Lipinski definition) is 3. The molecule has 1 heterocycles. The first-order chi connectivity index (χ1) is 9.95. The van der Waals surface area contributed by atoms with Crippen LogP contribution < -0.4 is 0 Å². The van der Waals surface area contributed by atoms with Crippen LogP contribution in [0.25, 0.3) is 0 Å². The molecule has 0 aliphatic heterocycles. The summed E-state index contributed by atoms with van der Waals surface area (Å²) in [5.41, 5.74) is 2.40. The summed E-state index contributed by atoms with van der Waals surface area (Å²) in [6, 6.07) is 9.48. The highest BCUT2D eigenvalue weighted by Gasteiger charge is 2.13. The number of carboxylic acid groups (broad SMARTS) is 1. The van der Waals surface area contributed by atoms with Gasteiger partial charge in [0, 0.05) is 18.8 Å². The molecule has 1 N–H and O–H groups in total. The Morgan fingerprint density at radius 1 is 1.29 bits per heavy atom. The van der Waals surface area contributed by atoms with Crippen LogP contribution in [-0.2, 0) is 13.1 Å². The number of rotatable bonds is 5. The van der Waals surface area contributed by atoms with Gasteiger partial charge >= 0.3 is 5.97 Å². The lowest BCUT2D eigenvalue weighted by molar-refractivity contribution is 0.0694. The largest absolute Gasteiger partial charge is 0.478 e. The van der Waals surface area contributed by atoms with Crippen LogP contribution in [0, 0.1) is 12.7 Å². The molecular formula is C16H17FN2O2. The fraction of sp³-hybridized carbons (Fsp3) is 0.250. The number of hydrogen-bond donors (Lipinski definition) is 1. The molecule has 0 spiro atoms. The number of aromatic carboxylic acids is 1. The van der Waals surface area contributed by atoms with Crippen molar-refractivity contribution in [2.24, 2.45) is 0 Å². The zero-order valence-corrected chi connectivity index (χ0v) is 12.0. The molecule has 1 aromatic carbocycles. The van der Waals surface area contributed by atoms with Crippen LogP contribution in [0.4, 0.5) is 4.39 Å². The van der Waals surface area contributed by atoms with E-state index in [0.29, 0.717) is 18.7 Å². The minimum Gasteiger partial charge on any atom is -0.478 e. The topological polar surface area (TPSA) is 53.4 Å². The Bertz CT molecular complexity index is 658. The predicted molar refractivity (Wildman–Crippen MR) is 77.5 cm³/mol. The van der Waals surface area contributed by atoms with E-state index in [4.69, 9.17) is 5.11 Å². The van der Waals surface area contributed by atoms with Gasteiger partial charge in [-0.25, -0.2) is 9.18 Å². The third-order valence-electron chi connectivity index (χ3n) is 3.12. The van der Waals surface area contributed by atoms with Gasteiger partial charge in [0.1, 0.15) is 5.82 Å². The number of pyridine rings is 1. The van der Waals surface area contributed by atoms with Crippen LogP contribution in [0.15, 0.2) is 36.4 Å². The standard InChI is InChI=1S/C16H17FN2O2/c1-11-4-3-5-14(18-11)10-19(2)9-12-8-13(17)6-7-15(12)16(20)21/h3-8H,9-10H2,1-2H3,(H,20,21). The molecule has 0 saturated carbocycles. The number of carbonyl (C=O) groups is 1. The Morgan fingerprint density at radius 2 is 2.05 bits per heavy atom. The molecule has 0 amide bonds. The van der Waals surface area contributed by atoms with Crippen LogP contribution in [0.3, 0.4) is 0 Å². The summed E-state index contributed by atoms with van der Waals surface area (Å²) in [6.07, 6.45) is 0. The second-order valence-electron chi connectivity index (χ2n) is 5.05. The summed E-state index contributed by atoms with van der Waals surface area (Å²) in [6.45, 7) is 2.82. The summed E-state index contributed by atoms with van der Waals surface area (Å²) < 4.78 is 13.3. The molecule has 0 saturated heterocycles. The van der Waals surface area contributed by atoms with Crippen molar-refractivity contribution < 1.29 is 14.3 Å². The number of benzene rings is 1. The second-order valence-corrected chi connectivity index (χ2v) is 5.05. The van der Waals surface area contributed by atoms with Crippen molar-refractivity contribution in [1.29, 1.82) is 0 Å². The molecule has 4 nitrogen and oxygen atoms in total. The van der Waals surface area contributed by atoms with E-state index >= 15 is 0 Å². The van der Waals surface area contributed by atoms with Crippen molar-refractivity contribution in [2.75, 3.05) is 7.05 Å². The molecule has 1 aromatic heterocycles. The predicted octanol–water partition coefficient (Wildman–Crippen LogP) is 2.86. The average Bonchev–Trinajstić information content (AvgIpc) is 2.38. The van der Waals surface area contributed by atoms with E-state index in [1.54, 1.807) is 0 Å². The van der Waals surface area contributed by atoms with Gasteiger partial charge in [-0.15, -0.1) is 0 Å². The van der Waals surface area contributed by atoms with Crippen molar-refractivity contribution >= 4 is 5.97 Å². The summed E-state index contributed by atoms with van der Waals surface area (Å²) >= 11 is 0. The molecule has 0 fully saturated rings. The van der Waals surface area contributed by atoms with Crippen LogP contribution >= 0.6 is 0 Å². The molecule has 0 bridgehead atoms. The molecule has 110 valence electrons. The van der Waals surface area contributed by atoms with E-state index < -0.39 is 11.8 Å². The first-order valence-corrected chi connectivity index (χ1v) is 6.58. The molecule has 0 unspecified atom stereocenters. The van der Waals surface area contributed by atoms with E-state index in [2.05, 4.69) is 4.98 Å². The molecule has 0 aliphatic carbocycles. The Morgan fingerprint density at radius 3 is 2.71 bits per heavy atom. The van der Waals surface area contributed by atoms with Gasteiger partial charge in [-0.05, 0) is 49.9 Å². The molecule has 0 radical (unpaired) electrons. The van der Waals surface area contributed by atoms with Gasteiger partial charge in [0.2, 0.25) is 0 Å². The first-order valence-electron chi connectivity index (χ1n) is 6.58. The van der Waals surface area contributed by atoms with Crippen molar-refractivity contribution in [2.45, 2.75) is 20.0 Å². The smallest absolute Gasteiger partial charge is 0.336 e. The molecule has 5 heteroatoms. The van der Waals surface area contributed by atoms with Crippen molar-refractivity contribution in [3.8, 4) is 0 Å². The number of aryl methyl sites for hydroxylation is 1. The van der Waals surface area contributed by atoms with E-state index in [1.807, 2.05) is 37.1 Å². The Hall–Kier alpha value is -2.27. The molecular weight excluding hydrogens is 271 g/mol. The van der Waals surface area contributed by atoms with Gasteiger partial charge in [-0.2, -0.15) is 0 Å². The summed E-state index contributed by atoms with van der Waals surface area (Å²) in [7, 11) is 1.85.